The first-order valence-electron chi connectivity index (χ1n) is 6.78. The highest BCUT2D eigenvalue weighted by molar-refractivity contribution is 7.15. The van der Waals surface area contributed by atoms with Gasteiger partial charge in [-0.2, -0.15) is 0 Å². The fourth-order valence-corrected chi connectivity index (χ4v) is 2.65. The summed E-state index contributed by atoms with van der Waals surface area (Å²) in [5.41, 5.74) is 0.158. The monoisotopic (exact) mass is 323 g/mol. The van der Waals surface area contributed by atoms with Crippen LogP contribution in [0.4, 0.5) is 0 Å². The molecule has 0 saturated heterocycles. The molecule has 0 radical (unpaired) electrons. The Morgan fingerprint density at radius 2 is 2.18 bits per heavy atom. The molecule has 2 heterocycles. The van der Waals surface area contributed by atoms with Gasteiger partial charge in [-0.3, -0.25) is 14.0 Å². The highest BCUT2D eigenvalue weighted by Crippen LogP contribution is 2.09. The molecular formula is C14H17N3O4S. The second-order valence-corrected chi connectivity index (χ2v) is 6.04. The van der Waals surface area contributed by atoms with Gasteiger partial charge in [0.25, 0.3) is 5.56 Å². The van der Waals surface area contributed by atoms with Gasteiger partial charge in [0.2, 0.25) is 5.91 Å². The van der Waals surface area contributed by atoms with Crippen LogP contribution in [0.5, 0.6) is 0 Å². The van der Waals surface area contributed by atoms with E-state index in [2.05, 4.69) is 10.3 Å². The second kappa shape index (κ2) is 6.69. The number of fused-ring (bicyclic) bond motifs is 1. The second-order valence-electron chi connectivity index (χ2n) is 5.17. The number of hydrogen-bond donors (Lipinski definition) is 1. The molecule has 0 saturated carbocycles. The molecule has 2 rings (SSSR count). The minimum absolute atomic E-state index is 0.102. The van der Waals surface area contributed by atoms with Gasteiger partial charge in [0.1, 0.15) is 12.6 Å². The van der Waals surface area contributed by atoms with Crippen molar-refractivity contribution >= 4 is 28.2 Å². The zero-order valence-electron chi connectivity index (χ0n) is 12.5. The summed E-state index contributed by atoms with van der Waals surface area (Å²) in [5, 5.41) is 4.31. The summed E-state index contributed by atoms with van der Waals surface area (Å²) in [6.07, 6.45) is 1.64. The van der Waals surface area contributed by atoms with Crippen molar-refractivity contribution in [1.82, 2.24) is 14.7 Å². The largest absolute Gasteiger partial charge is 0.458 e. The zero-order valence-corrected chi connectivity index (χ0v) is 13.3. The molecule has 1 amide bonds. The third-order valence-corrected chi connectivity index (χ3v) is 3.75. The molecule has 0 fully saturated rings. The summed E-state index contributed by atoms with van der Waals surface area (Å²) >= 11 is 1.32. The fourth-order valence-electron chi connectivity index (χ4n) is 1.91. The quantitative estimate of drug-likeness (QED) is 0.828. The van der Waals surface area contributed by atoms with Gasteiger partial charge in [-0.25, -0.2) is 9.78 Å². The number of carbonyl (C=O) groups is 2. The van der Waals surface area contributed by atoms with E-state index in [1.54, 1.807) is 11.6 Å². The van der Waals surface area contributed by atoms with Crippen molar-refractivity contribution in [3.05, 3.63) is 33.7 Å². The van der Waals surface area contributed by atoms with Crippen LogP contribution in [0.15, 0.2) is 22.4 Å². The van der Waals surface area contributed by atoms with Gasteiger partial charge >= 0.3 is 5.97 Å². The molecule has 0 aliphatic carbocycles. The van der Waals surface area contributed by atoms with E-state index in [0.717, 1.165) is 0 Å². The van der Waals surface area contributed by atoms with Gasteiger partial charge in [-0.05, 0) is 5.92 Å². The lowest BCUT2D eigenvalue weighted by molar-refractivity contribution is -0.150. The third kappa shape index (κ3) is 3.70. The number of aromatic nitrogens is 2. The van der Waals surface area contributed by atoms with Gasteiger partial charge in [-0.15, -0.1) is 11.3 Å². The van der Waals surface area contributed by atoms with E-state index >= 15 is 0 Å². The van der Waals surface area contributed by atoms with Gasteiger partial charge in [0.05, 0.1) is 5.69 Å². The maximum Gasteiger partial charge on any atom is 0.329 e. The predicted molar refractivity (Wildman–Crippen MR) is 81.6 cm³/mol. The highest BCUT2D eigenvalue weighted by Gasteiger charge is 2.24. The number of nitrogens with one attached hydrogen (secondary N) is 1. The topological polar surface area (TPSA) is 89.8 Å². The van der Waals surface area contributed by atoms with Crippen molar-refractivity contribution in [1.29, 1.82) is 0 Å². The fraction of sp³-hybridized carbons (Fsp3) is 0.429. The average molecular weight is 323 g/mol. The lowest BCUT2D eigenvalue weighted by Gasteiger charge is -2.19. The summed E-state index contributed by atoms with van der Waals surface area (Å²) in [6, 6.07) is 0.611. The van der Waals surface area contributed by atoms with Crippen LogP contribution in [0.1, 0.15) is 26.5 Å². The molecule has 1 unspecified atom stereocenters. The Labute approximate surface area is 130 Å². The van der Waals surface area contributed by atoms with Crippen molar-refractivity contribution in [2.24, 2.45) is 5.92 Å². The normalized spacial score (nSPS) is 12.4. The maximum atomic E-state index is 12.0. The molecule has 22 heavy (non-hydrogen) atoms. The first kappa shape index (κ1) is 16.2. The standard InChI is InChI=1S/C14H17N3O4S/c1-8(2)12(15-9(3)18)13(20)21-7-10-6-11(19)17-4-5-22-14(17)16-10/h4-6,8,12H,7H2,1-3H3,(H,15,18). The smallest absolute Gasteiger partial charge is 0.329 e. The van der Waals surface area contributed by atoms with E-state index in [4.69, 9.17) is 4.74 Å². The van der Waals surface area contributed by atoms with Crippen molar-refractivity contribution in [2.45, 2.75) is 33.4 Å². The Morgan fingerprint density at radius 1 is 1.45 bits per heavy atom. The Morgan fingerprint density at radius 3 is 2.82 bits per heavy atom. The molecule has 2 aromatic rings. The minimum Gasteiger partial charge on any atom is -0.458 e. The van der Waals surface area contributed by atoms with Gasteiger partial charge in [-0.1, -0.05) is 13.8 Å². The number of rotatable bonds is 5. The van der Waals surface area contributed by atoms with Gasteiger partial charge in [0.15, 0.2) is 4.96 Å². The molecule has 8 heteroatoms. The minimum atomic E-state index is -0.718. The van der Waals surface area contributed by atoms with Crippen molar-refractivity contribution in [3.8, 4) is 0 Å². The van der Waals surface area contributed by atoms with E-state index in [-0.39, 0.29) is 24.0 Å². The van der Waals surface area contributed by atoms with Crippen LogP contribution in [0, 0.1) is 5.92 Å². The third-order valence-electron chi connectivity index (χ3n) is 3.00. The van der Waals surface area contributed by atoms with E-state index < -0.39 is 12.0 Å². The van der Waals surface area contributed by atoms with Crippen LogP contribution in [-0.2, 0) is 20.9 Å². The number of hydrogen-bond acceptors (Lipinski definition) is 6. The molecule has 0 aromatic carbocycles. The Kier molecular flexibility index (Phi) is 4.92. The Balaban J connectivity index is 2.08. The molecule has 1 atom stereocenters. The van der Waals surface area contributed by atoms with Crippen molar-refractivity contribution < 1.29 is 14.3 Å². The Hall–Kier alpha value is -2.22. The number of ether oxygens (including phenoxy) is 1. The summed E-state index contributed by atoms with van der Waals surface area (Å²) in [6.45, 7) is 4.86. The Bertz CT molecular complexity index is 750. The molecule has 118 valence electrons. The summed E-state index contributed by atoms with van der Waals surface area (Å²) in [5.74, 6) is -0.944. The summed E-state index contributed by atoms with van der Waals surface area (Å²) in [4.78, 5) is 39.8. The van der Waals surface area contributed by atoms with Crippen LogP contribution >= 0.6 is 11.3 Å². The van der Waals surface area contributed by atoms with E-state index in [0.29, 0.717) is 10.7 Å². The molecule has 0 spiro atoms. The molecule has 0 aliphatic heterocycles. The highest BCUT2D eigenvalue weighted by atomic mass is 32.1. The summed E-state index contributed by atoms with van der Waals surface area (Å²) < 4.78 is 6.59. The van der Waals surface area contributed by atoms with E-state index in [1.165, 1.54) is 28.7 Å². The summed E-state index contributed by atoms with van der Waals surface area (Å²) in [7, 11) is 0. The average Bonchev–Trinajstić information content (AvgIpc) is 2.90. The molecule has 2 aromatic heterocycles. The maximum absolute atomic E-state index is 12.0. The first-order valence-corrected chi connectivity index (χ1v) is 7.66. The first-order chi connectivity index (χ1) is 10.4. The van der Waals surface area contributed by atoms with Gasteiger partial charge in [0, 0.05) is 24.6 Å². The predicted octanol–water partition coefficient (Wildman–Crippen LogP) is 0.960. The van der Waals surface area contributed by atoms with Crippen molar-refractivity contribution in [3.63, 3.8) is 0 Å². The zero-order chi connectivity index (χ0) is 16.3. The van der Waals surface area contributed by atoms with Gasteiger partial charge < -0.3 is 10.1 Å². The molecule has 1 N–H and O–H groups in total. The van der Waals surface area contributed by atoms with Crippen LogP contribution < -0.4 is 10.9 Å². The van der Waals surface area contributed by atoms with Crippen LogP contribution in [-0.4, -0.2) is 27.3 Å². The van der Waals surface area contributed by atoms with E-state index in [1.807, 2.05) is 13.8 Å². The molecular weight excluding hydrogens is 306 g/mol. The van der Waals surface area contributed by atoms with E-state index in [9.17, 15) is 14.4 Å². The SMILES string of the molecule is CC(=O)NC(C(=O)OCc1cc(=O)n2ccsc2n1)C(C)C. The number of amides is 1. The lowest BCUT2D eigenvalue weighted by Crippen LogP contribution is -2.44. The van der Waals surface area contributed by atoms with Crippen molar-refractivity contribution in [2.75, 3.05) is 0 Å². The molecule has 0 aliphatic rings. The molecule has 0 bridgehead atoms. The van der Waals surface area contributed by atoms with Crippen LogP contribution in [0.3, 0.4) is 0 Å². The van der Waals surface area contributed by atoms with Crippen LogP contribution in [0.25, 0.3) is 4.96 Å². The number of carbonyl (C=O) groups excluding carboxylic acids is 2. The van der Waals surface area contributed by atoms with Crippen LogP contribution in [0.2, 0.25) is 0 Å². The number of nitrogens with zero attached hydrogens (tertiary/aromatic N) is 2. The number of esters is 1. The lowest BCUT2D eigenvalue weighted by atomic mass is 10.0. The number of thiazole rings is 1. The molecule has 7 nitrogen and oxygen atoms in total.